The van der Waals surface area contributed by atoms with Crippen molar-refractivity contribution in [1.82, 2.24) is 4.90 Å². The molecule has 0 aliphatic carbocycles. The monoisotopic (exact) mass is 172 g/mol. The second kappa shape index (κ2) is 4.42. The van der Waals surface area contributed by atoms with Gasteiger partial charge in [0.25, 0.3) is 0 Å². The van der Waals surface area contributed by atoms with E-state index in [2.05, 4.69) is 0 Å². The van der Waals surface area contributed by atoms with Crippen molar-refractivity contribution in [3.8, 4) is 0 Å². The van der Waals surface area contributed by atoms with Crippen LogP contribution in [0.2, 0.25) is 0 Å². The largest absolute Gasteiger partial charge is 0.391 e. The van der Waals surface area contributed by atoms with Crippen molar-refractivity contribution in [2.24, 2.45) is 5.73 Å². The Morgan fingerprint density at radius 3 is 2.92 bits per heavy atom. The Labute approximate surface area is 72.3 Å². The zero-order valence-electron chi connectivity index (χ0n) is 7.20. The molecule has 0 aromatic heterocycles. The Bertz CT molecular complexity index is 161. The first kappa shape index (κ1) is 9.48. The minimum atomic E-state index is -0.447. The molecule has 0 bridgehead atoms. The highest BCUT2D eigenvalue weighted by molar-refractivity contribution is 5.78. The zero-order chi connectivity index (χ0) is 8.97. The zero-order valence-corrected chi connectivity index (χ0v) is 7.20. The maximum Gasteiger partial charge on any atom is 0.222 e. The lowest BCUT2D eigenvalue weighted by atomic mass is 10.2. The van der Waals surface area contributed by atoms with Gasteiger partial charge in [0.15, 0.2) is 0 Å². The summed E-state index contributed by atoms with van der Waals surface area (Å²) in [5.41, 5.74) is 5.27. The Balaban J connectivity index is 2.25. The minimum absolute atomic E-state index is 0.158. The van der Waals surface area contributed by atoms with Crippen LogP contribution in [0.3, 0.4) is 0 Å². The van der Waals surface area contributed by atoms with Crippen LogP contribution in [0.1, 0.15) is 19.3 Å². The van der Waals surface area contributed by atoms with Crippen molar-refractivity contribution in [3.63, 3.8) is 0 Å². The van der Waals surface area contributed by atoms with Gasteiger partial charge in [0.05, 0.1) is 6.10 Å². The number of likely N-dealkylation sites (tertiary alicyclic amines) is 1. The van der Waals surface area contributed by atoms with Gasteiger partial charge in [0, 0.05) is 19.5 Å². The first-order valence-electron chi connectivity index (χ1n) is 4.40. The second-order valence-electron chi connectivity index (χ2n) is 3.17. The van der Waals surface area contributed by atoms with Gasteiger partial charge in [-0.15, -0.1) is 0 Å². The van der Waals surface area contributed by atoms with Gasteiger partial charge >= 0.3 is 0 Å². The van der Waals surface area contributed by atoms with Crippen LogP contribution < -0.4 is 5.73 Å². The highest BCUT2D eigenvalue weighted by Crippen LogP contribution is 2.10. The van der Waals surface area contributed by atoms with Gasteiger partial charge < -0.3 is 15.7 Å². The number of aliphatic hydroxyl groups excluding tert-OH is 1. The highest BCUT2D eigenvalue weighted by Gasteiger charge is 2.21. The van der Waals surface area contributed by atoms with Crippen LogP contribution in [0.5, 0.6) is 0 Å². The average molecular weight is 172 g/mol. The van der Waals surface area contributed by atoms with Crippen LogP contribution >= 0.6 is 0 Å². The molecule has 1 aliphatic heterocycles. The lowest BCUT2D eigenvalue weighted by Crippen LogP contribution is -2.34. The quantitative estimate of drug-likeness (QED) is 0.590. The molecule has 0 spiro atoms. The summed E-state index contributed by atoms with van der Waals surface area (Å²) in [4.78, 5) is 12.8. The predicted octanol–water partition coefficient (Wildman–Crippen LogP) is -0.681. The van der Waals surface area contributed by atoms with Crippen molar-refractivity contribution in [3.05, 3.63) is 0 Å². The molecule has 1 saturated heterocycles. The Hall–Kier alpha value is -0.610. The van der Waals surface area contributed by atoms with Crippen LogP contribution in [0.15, 0.2) is 0 Å². The Morgan fingerprint density at radius 2 is 2.42 bits per heavy atom. The second-order valence-corrected chi connectivity index (χ2v) is 3.17. The van der Waals surface area contributed by atoms with Gasteiger partial charge in [-0.25, -0.2) is 0 Å². The van der Waals surface area contributed by atoms with E-state index in [1.165, 1.54) is 0 Å². The standard InChI is InChI=1S/C8H16N2O2/c9-4-3-7(11)6-10-5-1-2-8(10)12/h7,11H,1-6,9H2. The van der Waals surface area contributed by atoms with Crippen LogP contribution in [0.25, 0.3) is 0 Å². The van der Waals surface area contributed by atoms with E-state index in [1.54, 1.807) is 4.90 Å². The molecule has 1 amide bonds. The number of hydrogen-bond acceptors (Lipinski definition) is 3. The average Bonchev–Trinajstić information content (AvgIpc) is 2.37. The third-order valence-electron chi connectivity index (χ3n) is 2.10. The van der Waals surface area contributed by atoms with E-state index in [4.69, 9.17) is 5.73 Å². The van der Waals surface area contributed by atoms with E-state index < -0.39 is 6.10 Å². The summed E-state index contributed by atoms with van der Waals surface area (Å²) < 4.78 is 0. The van der Waals surface area contributed by atoms with E-state index in [-0.39, 0.29) is 5.91 Å². The number of carbonyl (C=O) groups excluding carboxylic acids is 1. The highest BCUT2D eigenvalue weighted by atomic mass is 16.3. The fraction of sp³-hybridized carbons (Fsp3) is 0.875. The van der Waals surface area contributed by atoms with Crippen molar-refractivity contribution >= 4 is 5.91 Å². The van der Waals surface area contributed by atoms with Crippen LogP contribution in [-0.4, -0.2) is 41.7 Å². The third kappa shape index (κ3) is 2.46. The van der Waals surface area contributed by atoms with E-state index in [9.17, 15) is 9.90 Å². The SMILES string of the molecule is NCCC(O)CN1CCCC1=O. The molecule has 4 nitrogen and oxygen atoms in total. The number of rotatable bonds is 4. The van der Waals surface area contributed by atoms with Crippen molar-refractivity contribution in [1.29, 1.82) is 0 Å². The molecule has 4 heteroatoms. The molecule has 0 radical (unpaired) electrons. The maximum atomic E-state index is 11.1. The van der Waals surface area contributed by atoms with E-state index in [0.29, 0.717) is 25.9 Å². The van der Waals surface area contributed by atoms with Crippen LogP contribution in [0.4, 0.5) is 0 Å². The first-order valence-corrected chi connectivity index (χ1v) is 4.40. The molecule has 1 aliphatic rings. The summed E-state index contributed by atoms with van der Waals surface area (Å²) in [5.74, 6) is 0.158. The molecular weight excluding hydrogens is 156 g/mol. The van der Waals surface area contributed by atoms with Gasteiger partial charge in [-0.1, -0.05) is 0 Å². The van der Waals surface area contributed by atoms with E-state index in [0.717, 1.165) is 13.0 Å². The lowest BCUT2D eigenvalue weighted by molar-refractivity contribution is -0.128. The molecule has 70 valence electrons. The number of hydrogen-bond donors (Lipinski definition) is 2. The van der Waals surface area contributed by atoms with E-state index >= 15 is 0 Å². The number of β-amino-alcohol motifs (C(OH)–C–C–N with tert-alkyl or cyclic N) is 1. The van der Waals surface area contributed by atoms with Crippen LogP contribution in [0, 0.1) is 0 Å². The third-order valence-corrected chi connectivity index (χ3v) is 2.10. The number of aliphatic hydroxyl groups is 1. The van der Waals surface area contributed by atoms with Gasteiger partial charge in [-0.2, -0.15) is 0 Å². The number of carbonyl (C=O) groups is 1. The number of nitrogens with two attached hydrogens (primary N) is 1. The fourth-order valence-electron chi connectivity index (χ4n) is 1.44. The van der Waals surface area contributed by atoms with Crippen molar-refractivity contribution < 1.29 is 9.90 Å². The first-order chi connectivity index (χ1) is 5.74. The Morgan fingerprint density at radius 1 is 1.67 bits per heavy atom. The predicted molar refractivity (Wildman–Crippen MR) is 45.5 cm³/mol. The summed E-state index contributed by atoms with van der Waals surface area (Å²) >= 11 is 0. The smallest absolute Gasteiger partial charge is 0.222 e. The molecule has 12 heavy (non-hydrogen) atoms. The van der Waals surface area contributed by atoms with Gasteiger partial charge in [0.2, 0.25) is 5.91 Å². The van der Waals surface area contributed by atoms with Crippen molar-refractivity contribution in [2.45, 2.75) is 25.4 Å². The number of nitrogens with zero attached hydrogens (tertiary/aromatic N) is 1. The Kier molecular flexibility index (Phi) is 3.49. The van der Waals surface area contributed by atoms with Gasteiger partial charge in [-0.3, -0.25) is 4.79 Å². The molecular formula is C8H16N2O2. The summed E-state index contributed by atoms with van der Waals surface area (Å²) in [7, 11) is 0. The summed E-state index contributed by atoms with van der Waals surface area (Å²) in [6.07, 6.45) is 1.69. The molecule has 3 N–H and O–H groups in total. The normalized spacial score (nSPS) is 20.2. The molecule has 1 fully saturated rings. The van der Waals surface area contributed by atoms with E-state index in [1.807, 2.05) is 0 Å². The molecule has 0 aromatic rings. The minimum Gasteiger partial charge on any atom is -0.391 e. The van der Waals surface area contributed by atoms with Crippen molar-refractivity contribution in [2.75, 3.05) is 19.6 Å². The topological polar surface area (TPSA) is 66.6 Å². The van der Waals surface area contributed by atoms with Gasteiger partial charge in [0.1, 0.15) is 0 Å². The molecule has 1 rings (SSSR count). The molecule has 0 saturated carbocycles. The maximum absolute atomic E-state index is 11.1. The number of amides is 1. The van der Waals surface area contributed by atoms with Gasteiger partial charge in [-0.05, 0) is 19.4 Å². The van der Waals surface area contributed by atoms with Crippen LogP contribution in [-0.2, 0) is 4.79 Å². The molecule has 1 atom stereocenters. The summed E-state index contributed by atoms with van der Waals surface area (Å²) in [6, 6.07) is 0. The summed E-state index contributed by atoms with van der Waals surface area (Å²) in [5, 5.41) is 9.35. The molecule has 1 unspecified atom stereocenters. The fourth-order valence-corrected chi connectivity index (χ4v) is 1.44. The molecule has 1 heterocycles. The lowest BCUT2D eigenvalue weighted by Gasteiger charge is -2.19. The molecule has 0 aromatic carbocycles. The summed E-state index contributed by atoms with van der Waals surface area (Å²) in [6.45, 7) is 1.72.